The minimum atomic E-state index is 0.817. The van der Waals surface area contributed by atoms with Gasteiger partial charge in [0.1, 0.15) is 0 Å². The Hall–Kier alpha value is -0.130. The molecule has 0 radical (unpaired) electrons. The van der Waals surface area contributed by atoms with Gasteiger partial charge in [-0.2, -0.15) is 0 Å². The fourth-order valence-electron chi connectivity index (χ4n) is 2.61. The van der Waals surface area contributed by atoms with Crippen LogP contribution in [0.3, 0.4) is 0 Å². The summed E-state index contributed by atoms with van der Waals surface area (Å²) < 4.78 is 1.31. The minimum Gasteiger partial charge on any atom is -0.330 e. The van der Waals surface area contributed by atoms with Crippen LogP contribution in [0.15, 0.2) is 24.3 Å². The second-order valence-corrected chi connectivity index (χ2v) is 6.19. The van der Waals surface area contributed by atoms with Gasteiger partial charge in [0.15, 0.2) is 0 Å². The van der Waals surface area contributed by atoms with E-state index in [-0.39, 0.29) is 0 Å². The zero-order valence-electron chi connectivity index (χ0n) is 10.2. The fraction of sp³-hybridized carbons (Fsp3) is 0.571. The van der Waals surface area contributed by atoms with Crippen molar-refractivity contribution < 1.29 is 0 Å². The molecule has 2 rings (SSSR count). The molecule has 1 aliphatic rings. The van der Waals surface area contributed by atoms with Crippen molar-refractivity contribution in [2.75, 3.05) is 19.6 Å². The molecule has 0 amide bonds. The number of benzene rings is 1. The van der Waals surface area contributed by atoms with Gasteiger partial charge in [-0.25, -0.2) is 0 Å². The molecule has 0 spiro atoms. The lowest BCUT2D eigenvalue weighted by Gasteiger charge is -2.32. The van der Waals surface area contributed by atoms with E-state index in [4.69, 9.17) is 5.73 Å². The maximum absolute atomic E-state index is 5.65. The molecule has 1 fully saturated rings. The summed E-state index contributed by atoms with van der Waals surface area (Å²) in [6.45, 7) is 4.40. The highest BCUT2D eigenvalue weighted by Crippen LogP contribution is 2.20. The first kappa shape index (κ1) is 13.3. The SMILES string of the molecule is NCCC1CCCN(Cc2ccc(I)cc2)C1. The quantitative estimate of drug-likeness (QED) is 0.851. The van der Waals surface area contributed by atoms with Crippen LogP contribution in [0.1, 0.15) is 24.8 Å². The molecule has 2 N–H and O–H groups in total. The molecule has 1 aliphatic heterocycles. The number of likely N-dealkylation sites (tertiary alicyclic amines) is 1. The van der Waals surface area contributed by atoms with E-state index in [1.54, 1.807) is 0 Å². The van der Waals surface area contributed by atoms with Gasteiger partial charge in [0.25, 0.3) is 0 Å². The molecular formula is C14H21IN2. The molecule has 1 unspecified atom stereocenters. The van der Waals surface area contributed by atoms with E-state index in [0.29, 0.717) is 0 Å². The molecule has 17 heavy (non-hydrogen) atoms. The van der Waals surface area contributed by atoms with Crippen molar-refractivity contribution in [3.05, 3.63) is 33.4 Å². The molecule has 1 aromatic carbocycles. The molecule has 1 saturated heterocycles. The zero-order chi connectivity index (χ0) is 12.1. The Labute approximate surface area is 118 Å². The minimum absolute atomic E-state index is 0.817. The predicted octanol–water partition coefficient (Wildman–Crippen LogP) is 2.85. The molecule has 1 aromatic rings. The summed E-state index contributed by atoms with van der Waals surface area (Å²) in [5.74, 6) is 0.817. The number of hydrogen-bond donors (Lipinski definition) is 1. The van der Waals surface area contributed by atoms with Gasteiger partial charge < -0.3 is 5.73 Å². The first-order valence-electron chi connectivity index (χ1n) is 6.45. The van der Waals surface area contributed by atoms with Crippen LogP contribution in [0, 0.1) is 9.49 Å². The van der Waals surface area contributed by atoms with Crippen molar-refractivity contribution >= 4 is 22.6 Å². The van der Waals surface area contributed by atoms with E-state index < -0.39 is 0 Å². The Bertz CT molecular complexity index is 335. The monoisotopic (exact) mass is 344 g/mol. The zero-order valence-corrected chi connectivity index (χ0v) is 12.4. The molecule has 0 aliphatic carbocycles. The summed E-state index contributed by atoms with van der Waals surface area (Å²) in [6.07, 6.45) is 3.87. The number of piperidine rings is 1. The summed E-state index contributed by atoms with van der Waals surface area (Å²) in [4.78, 5) is 2.58. The summed E-state index contributed by atoms with van der Waals surface area (Å²) in [5.41, 5.74) is 7.08. The van der Waals surface area contributed by atoms with Crippen LogP contribution in [-0.2, 0) is 6.54 Å². The maximum Gasteiger partial charge on any atom is 0.0233 e. The van der Waals surface area contributed by atoms with Crippen molar-refractivity contribution in [1.82, 2.24) is 4.90 Å². The van der Waals surface area contributed by atoms with Crippen LogP contribution in [0.5, 0.6) is 0 Å². The van der Waals surface area contributed by atoms with Gasteiger partial charge in [0.05, 0.1) is 0 Å². The average molecular weight is 344 g/mol. The number of rotatable bonds is 4. The first-order chi connectivity index (χ1) is 8.28. The average Bonchev–Trinajstić information content (AvgIpc) is 2.33. The number of halogens is 1. The van der Waals surface area contributed by atoms with Crippen LogP contribution >= 0.6 is 22.6 Å². The Morgan fingerprint density at radius 2 is 2.06 bits per heavy atom. The lowest BCUT2D eigenvalue weighted by molar-refractivity contribution is 0.163. The van der Waals surface area contributed by atoms with E-state index in [2.05, 4.69) is 51.8 Å². The van der Waals surface area contributed by atoms with E-state index in [0.717, 1.165) is 19.0 Å². The molecule has 0 saturated carbocycles. The third-order valence-corrected chi connectivity index (χ3v) is 4.22. The third-order valence-electron chi connectivity index (χ3n) is 3.50. The standard InChI is InChI=1S/C14H21IN2/c15-14-5-3-13(4-6-14)11-17-9-1-2-12(10-17)7-8-16/h3-6,12H,1-2,7-11,16H2. The van der Waals surface area contributed by atoms with Crippen molar-refractivity contribution in [1.29, 1.82) is 0 Å². The highest BCUT2D eigenvalue weighted by Gasteiger charge is 2.18. The Morgan fingerprint density at radius 1 is 1.29 bits per heavy atom. The van der Waals surface area contributed by atoms with Crippen LogP contribution in [-0.4, -0.2) is 24.5 Å². The number of nitrogens with two attached hydrogens (primary N) is 1. The normalized spacial score (nSPS) is 21.6. The molecule has 94 valence electrons. The summed E-state index contributed by atoms with van der Waals surface area (Å²) in [6, 6.07) is 8.87. The predicted molar refractivity (Wildman–Crippen MR) is 80.8 cm³/mol. The lowest BCUT2D eigenvalue weighted by Crippen LogP contribution is -2.35. The molecule has 2 nitrogen and oxygen atoms in total. The van der Waals surface area contributed by atoms with Crippen LogP contribution in [0.2, 0.25) is 0 Å². The van der Waals surface area contributed by atoms with Gasteiger partial charge in [0.2, 0.25) is 0 Å². The smallest absolute Gasteiger partial charge is 0.0233 e. The Kier molecular flexibility index (Phi) is 5.25. The second kappa shape index (κ2) is 6.71. The Balaban J connectivity index is 1.87. The van der Waals surface area contributed by atoms with Gasteiger partial charge in [0, 0.05) is 16.7 Å². The van der Waals surface area contributed by atoms with Crippen LogP contribution in [0.4, 0.5) is 0 Å². The molecule has 1 atom stereocenters. The summed E-state index contributed by atoms with van der Waals surface area (Å²) in [5, 5.41) is 0. The van der Waals surface area contributed by atoms with Crippen LogP contribution in [0.25, 0.3) is 0 Å². The van der Waals surface area contributed by atoms with E-state index in [9.17, 15) is 0 Å². The lowest BCUT2D eigenvalue weighted by atomic mass is 9.94. The molecular weight excluding hydrogens is 323 g/mol. The van der Waals surface area contributed by atoms with Gasteiger partial charge in [-0.3, -0.25) is 4.90 Å². The number of nitrogens with zero attached hydrogens (tertiary/aromatic N) is 1. The largest absolute Gasteiger partial charge is 0.330 e. The van der Waals surface area contributed by atoms with Crippen molar-refractivity contribution in [3.63, 3.8) is 0 Å². The van der Waals surface area contributed by atoms with E-state index in [1.807, 2.05) is 0 Å². The highest BCUT2D eigenvalue weighted by atomic mass is 127. The van der Waals surface area contributed by atoms with E-state index >= 15 is 0 Å². The van der Waals surface area contributed by atoms with Crippen molar-refractivity contribution in [2.45, 2.75) is 25.8 Å². The summed E-state index contributed by atoms with van der Waals surface area (Å²) in [7, 11) is 0. The molecule has 1 heterocycles. The fourth-order valence-corrected chi connectivity index (χ4v) is 2.97. The maximum atomic E-state index is 5.65. The number of hydrogen-bond acceptors (Lipinski definition) is 2. The Morgan fingerprint density at radius 3 is 2.76 bits per heavy atom. The van der Waals surface area contributed by atoms with Gasteiger partial charge >= 0.3 is 0 Å². The van der Waals surface area contributed by atoms with Gasteiger partial charge in [-0.15, -0.1) is 0 Å². The van der Waals surface area contributed by atoms with E-state index in [1.165, 1.54) is 41.5 Å². The van der Waals surface area contributed by atoms with Gasteiger partial charge in [-0.05, 0) is 78.6 Å². The summed E-state index contributed by atoms with van der Waals surface area (Å²) >= 11 is 2.35. The molecule has 3 heteroatoms. The second-order valence-electron chi connectivity index (χ2n) is 4.95. The highest BCUT2D eigenvalue weighted by molar-refractivity contribution is 14.1. The third kappa shape index (κ3) is 4.23. The van der Waals surface area contributed by atoms with Crippen LogP contribution < -0.4 is 5.73 Å². The molecule has 0 aromatic heterocycles. The van der Waals surface area contributed by atoms with Gasteiger partial charge in [-0.1, -0.05) is 12.1 Å². The first-order valence-corrected chi connectivity index (χ1v) is 7.52. The van der Waals surface area contributed by atoms with Crippen molar-refractivity contribution in [3.8, 4) is 0 Å². The van der Waals surface area contributed by atoms with Crippen molar-refractivity contribution in [2.24, 2.45) is 11.7 Å². The molecule has 0 bridgehead atoms. The topological polar surface area (TPSA) is 29.3 Å².